The smallest absolute Gasteiger partial charge is 0.410 e. The summed E-state index contributed by atoms with van der Waals surface area (Å²) in [5.74, 6) is 0. The maximum Gasteiger partial charge on any atom is 0.410 e. The highest BCUT2D eigenvalue weighted by Gasteiger charge is 2.23. The van der Waals surface area contributed by atoms with Crippen LogP contribution in [0.4, 0.5) is 9.59 Å². The maximum absolute atomic E-state index is 12.5. The molecule has 0 spiro atoms. The number of amides is 2. The molecule has 8 nitrogen and oxygen atoms in total. The Morgan fingerprint density at radius 3 is 2.60 bits per heavy atom. The van der Waals surface area contributed by atoms with Crippen LogP contribution in [-0.2, 0) is 25.6 Å². The fourth-order valence-corrected chi connectivity index (χ4v) is 2.82. The number of carbonyl (C=O) groups excluding carboxylic acids is 2. The fraction of sp³-hybridized carbons (Fsp3) is 0.636. The van der Waals surface area contributed by atoms with Crippen LogP contribution in [0.1, 0.15) is 45.6 Å². The Bertz CT molecular complexity index is 641. The summed E-state index contributed by atoms with van der Waals surface area (Å²) in [5.41, 5.74) is 0.301. The highest BCUT2D eigenvalue weighted by molar-refractivity contribution is 5.69. The van der Waals surface area contributed by atoms with Gasteiger partial charge in [0.25, 0.3) is 0 Å². The molecule has 168 valence electrons. The summed E-state index contributed by atoms with van der Waals surface area (Å²) in [4.78, 5) is 25.9. The predicted molar refractivity (Wildman–Crippen MR) is 112 cm³/mol. The van der Waals surface area contributed by atoms with Gasteiger partial charge in [0.1, 0.15) is 12.2 Å². The minimum absolute atomic E-state index is 0.192. The SMILES string of the molecule is CC(C)(C)OC(=O)N(CCNC(=O)OCc1ccccc1)CCOC1CCCCO1. The van der Waals surface area contributed by atoms with E-state index < -0.39 is 17.8 Å². The number of nitrogens with one attached hydrogen (secondary N) is 1. The second-order valence-electron chi connectivity index (χ2n) is 8.12. The Balaban J connectivity index is 1.74. The number of rotatable bonds is 9. The van der Waals surface area contributed by atoms with Crippen molar-refractivity contribution in [3.63, 3.8) is 0 Å². The van der Waals surface area contributed by atoms with Gasteiger partial charge in [-0.25, -0.2) is 9.59 Å². The van der Waals surface area contributed by atoms with Gasteiger partial charge in [-0.1, -0.05) is 30.3 Å². The van der Waals surface area contributed by atoms with Crippen LogP contribution in [0.15, 0.2) is 30.3 Å². The standard InChI is InChI=1S/C22H34N2O6/c1-22(2,3)30-21(26)24(14-16-28-19-11-7-8-15-27-19)13-12-23-20(25)29-17-18-9-5-4-6-10-18/h4-6,9-10,19H,7-8,11-17H2,1-3H3,(H,23,25). The Hall–Kier alpha value is -2.32. The lowest BCUT2D eigenvalue weighted by atomic mass is 10.2. The largest absolute Gasteiger partial charge is 0.445 e. The molecule has 2 rings (SSSR count). The van der Waals surface area contributed by atoms with Crippen molar-refractivity contribution in [2.45, 2.75) is 58.5 Å². The first-order chi connectivity index (χ1) is 14.3. The van der Waals surface area contributed by atoms with E-state index >= 15 is 0 Å². The van der Waals surface area contributed by atoms with Crippen LogP contribution in [-0.4, -0.2) is 61.8 Å². The number of benzene rings is 1. The maximum atomic E-state index is 12.5. The fourth-order valence-electron chi connectivity index (χ4n) is 2.82. The van der Waals surface area contributed by atoms with Crippen LogP contribution >= 0.6 is 0 Å². The van der Waals surface area contributed by atoms with Crippen LogP contribution in [0.25, 0.3) is 0 Å². The molecule has 1 aliphatic rings. The molecule has 1 atom stereocenters. The van der Waals surface area contributed by atoms with Gasteiger partial charge in [0.05, 0.1) is 6.61 Å². The molecule has 1 aromatic rings. The van der Waals surface area contributed by atoms with E-state index in [2.05, 4.69) is 5.32 Å². The summed E-state index contributed by atoms with van der Waals surface area (Å²) in [6, 6.07) is 9.44. The molecule has 30 heavy (non-hydrogen) atoms. The normalized spacial score (nSPS) is 16.6. The molecule has 8 heteroatoms. The number of nitrogens with zero attached hydrogens (tertiary/aromatic N) is 1. The Morgan fingerprint density at radius 1 is 1.17 bits per heavy atom. The molecule has 1 fully saturated rings. The van der Waals surface area contributed by atoms with Gasteiger partial charge in [-0.2, -0.15) is 0 Å². The first-order valence-electron chi connectivity index (χ1n) is 10.5. The monoisotopic (exact) mass is 422 g/mol. The second-order valence-corrected chi connectivity index (χ2v) is 8.12. The third-order valence-corrected chi connectivity index (χ3v) is 4.32. The molecule has 0 aromatic heterocycles. The van der Waals surface area contributed by atoms with E-state index in [1.54, 1.807) is 0 Å². The first-order valence-corrected chi connectivity index (χ1v) is 10.5. The highest BCUT2D eigenvalue weighted by atomic mass is 16.7. The van der Waals surface area contributed by atoms with Crippen LogP contribution < -0.4 is 5.32 Å². The summed E-state index contributed by atoms with van der Waals surface area (Å²) in [6.07, 6.45) is 1.79. The van der Waals surface area contributed by atoms with E-state index in [4.69, 9.17) is 18.9 Å². The zero-order valence-corrected chi connectivity index (χ0v) is 18.2. The van der Waals surface area contributed by atoms with E-state index in [1.807, 2.05) is 51.1 Å². The average Bonchev–Trinajstić information content (AvgIpc) is 2.71. The lowest BCUT2D eigenvalue weighted by Gasteiger charge is -2.28. The minimum Gasteiger partial charge on any atom is -0.445 e. The summed E-state index contributed by atoms with van der Waals surface area (Å²) >= 11 is 0. The Kier molecular flexibility index (Phi) is 9.89. The molecule has 1 unspecified atom stereocenters. The molecule has 1 N–H and O–H groups in total. The van der Waals surface area contributed by atoms with Crippen molar-refractivity contribution in [2.75, 3.05) is 32.8 Å². The third-order valence-electron chi connectivity index (χ3n) is 4.32. The van der Waals surface area contributed by atoms with Crippen LogP contribution in [0.2, 0.25) is 0 Å². The lowest BCUT2D eigenvalue weighted by molar-refractivity contribution is -0.163. The topological polar surface area (TPSA) is 86.3 Å². The molecule has 2 amide bonds. The number of carbonyl (C=O) groups is 2. The van der Waals surface area contributed by atoms with Crippen LogP contribution in [0, 0.1) is 0 Å². The first kappa shape index (κ1) is 24.0. The van der Waals surface area contributed by atoms with E-state index in [9.17, 15) is 9.59 Å². The zero-order chi connectivity index (χ0) is 21.8. The molecule has 0 aliphatic carbocycles. The van der Waals surface area contributed by atoms with Gasteiger partial charge in [-0.15, -0.1) is 0 Å². The molecule has 1 heterocycles. The number of hydrogen-bond acceptors (Lipinski definition) is 6. The Labute approximate surface area is 178 Å². The van der Waals surface area contributed by atoms with E-state index in [-0.39, 0.29) is 26.0 Å². The van der Waals surface area contributed by atoms with E-state index in [0.717, 1.165) is 24.8 Å². The predicted octanol–water partition coefficient (Wildman–Crippen LogP) is 3.69. The Morgan fingerprint density at radius 2 is 1.93 bits per heavy atom. The number of hydrogen-bond donors (Lipinski definition) is 1. The zero-order valence-electron chi connectivity index (χ0n) is 18.2. The molecule has 0 radical (unpaired) electrons. The van der Waals surface area contributed by atoms with Crippen molar-refractivity contribution in [2.24, 2.45) is 0 Å². The molecule has 1 aliphatic heterocycles. The minimum atomic E-state index is -0.606. The van der Waals surface area contributed by atoms with Crippen LogP contribution in [0.3, 0.4) is 0 Å². The van der Waals surface area contributed by atoms with E-state index in [0.29, 0.717) is 19.8 Å². The summed E-state index contributed by atoms with van der Waals surface area (Å²) < 4.78 is 21.9. The van der Waals surface area contributed by atoms with Gasteiger partial charge < -0.3 is 29.2 Å². The quantitative estimate of drug-likeness (QED) is 0.653. The second kappa shape index (κ2) is 12.4. The molecule has 1 aromatic carbocycles. The van der Waals surface area contributed by atoms with Crippen molar-refractivity contribution in [3.8, 4) is 0 Å². The molecule has 0 bridgehead atoms. The van der Waals surface area contributed by atoms with Gasteiger partial charge in [0, 0.05) is 26.2 Å². The average molecular weight is 423 g/mol. The van der Waals surface area contributed by atoms with Gasteiger partial charge >= 0.3 is 12.2 Å². The molecule has 0 saturated carbocycles. The third kappa shape index (κ3) is 9.93. The van der Waals surface area contributed by atoms with Gasteiger partial charge in [0.2, 0.25) is 0 Å². The number of alkyl carbamates (subject to hydrolysis) is 1. The summed E-state index contributed by atoms with van der Waals surface area (Å²) in [5, 5.41) is 2.66. The van der Waals surface area contributed by atoms with Crippen molar-refractivity contribution >= 4 is 12.2 Å². The lowest BCUT2D eigenvalue weighted by Crippen LogP contribution is -2.43. The van der Waals surface area contributed by atoms with E-state index in [1.165, 1.54) is 4.90 Å². The van der Waals surface area contributed by atoms with Gasteiger partial charge in [-0.05, 0) is 45.6 Å². The van der Waals surface area contributed by atoms with Crippen LogP contribution in [0.5, 0.6) is 0 Å². The van der Waals surface area contributed by atoms with Gasteiger partial charge in [0.15, 0.2) is 6.29 Å². The molecular weight excluding hydrogens is 388 g/mol. The molecular formula is C22H34N2O6. The van der Waals surface area contributed by atoms with Crippen molar-refractivity contribution in [1.29, 1.82) is 0 Å². The van der Waals surface area contributed by atoms with Crippen molar-refractivity contribution in [1.82, 2.24) is 10.2 Å². The van der Waals surface area contributed by atoms with Crippen molar-refractivity contribution in [3.05, 3.63) is 35.9 Å². The van der Waals surface area contributed by atoms with Gasteiger partial charge in [-0.3, -0.25) is 0 Å². The summed E-state index contributed by atoms with van der Waals surface area (Å²) in [7, 11) is 0. The highest BCUT2D eigenvalue weighted by Crippen LogP contribution is 2.14. The number of ether oxygens (including phenoxy) is 4. The van der Waals surface area contributed by atoms with Crippen molar-refractivity contribution < 1.29 is 28.5 Å². The molecule has 1 saturated heterocycles. The summed E-state index contributed by atoms with van der Waals surface area (Å²) in [6.45, 7) is 7.54.